The lowest BCUT2D eigenvalue weighted by Crippen LogP contribution is -2.70. The van der Waals surface area contributed by atoms with Crippen LogP contribution in [-0.2, 0) is 19.2 Å². The third-order valence-electron chi connectivity index (χ3n) is 7.05. The molecule has 1 aromatic heterocycles. The number of carbonyl (C=O) groups excluding carboxylic acids is 4. The lowest BCUT2D eigenvalue weighted by molar-refractivity contribution is -0.645. The number of aromatic nitrogens is 1. The second-order valence-corrected chi connectivity index (χ2v) is 11.7. The van der Waals surface area contributed by atoms with E-state index in [0.29, 0.717) is 20.2 Å². The number of benzene rings is 1. The quantitative estimate of drug-likeness (QED) is 0.108. The molecule has 0 saturated carbocycles. The number of hydrogen-bond donors (Lipinski definition) is 3. The summed E-state index contributed by atoms with van der Waals surface area (Å²) >= 11 is 2.45. The van der Waals surface area contributed by atoms with Gasteiger partial charge in [-0.15, -0.1) is 11.8 Å². The van der Waals surface area contributed by atoms with Crippen molar-refractivity contribution in [1.29, 1.82) is 0 Å². The number of thioether (sulfide) groups is 2. The van der Waals surface area contributed by atoms with Gasteiger partial charge in [-0.1, -0.05) is 23.9 Å². The molecule has 3 N–H and O–H groups in total. The van der Waals surface area contributed by atoms with Crippen molar-refractivity contribution in [3.8, 4) is 0 Å². The van der Waals surface area contributed by atoms with Crippen LogP contribution in [0.25, 0.3) is 0 Å². The molecule has 13 nitrogen and oxygen atoms in total. The maximum Gasteiger partial charge on any atom is 0.352 e. The van der Waals surface area contributed by atoms with Crippen LogP contribution >= 0.6 is 23.5 Å². The number of amides is 4. The molecule has 1 fully saturated rings. The Morgan fingerprint density at radius 1 is 1.07 bits per heavy atom. The van der Waals surface area contributed by atoms with Gasteiger partial charge in [-0.25, -0.2) is 9.59 Å². The minimum absolute atomic E-state index is 0.0134. The molecule has 3 aliphatic heterocycles. The second-order valence-electron chi connectivity index (χ2n) is 9.64. The molecular weight excluding hydrogens is 588 g/mol. The largest absolute Gasteiger partial charge is 0.618 e. The Hall–Kier alpha value is -4.37. The van der Waals surface area contributed by atoms with Crippen LogP contribution < -0.4 is 10.0 Å². The summed E-state index contributed by atoms with van der Waals surface area (Å²) in [6.45, 7) is 0. The van der Waals surface area contributed by atoms with Gasteiger partial charge in [0.15, 0.2) is 6.20 Å². The predicted molar refractivity (Wildman–Crippen MR) is 148 cm³/mol. The smallest absolute Gasteiger partial charge is 0.352 e. The van der Waals surface area contributed by atoms with Gasteiger partial charge in [0.25, 0.3) is 22.7 Å². The van der Waals surface area contributed by atoms with E-state index in [4.69, 9.17) is 0 Å². The van der Waals surface area contributed by atoms with Crippen LogP contribution in [0.15, 0.2) is 65.0 Å². The van der Waals surface area contributed by atoms with Gasteiger partial charge in [-0.05, 0) is 36.6 Å². The number of nitrogens with zero attached hydrogens (tertiary/aromatic N) is 3. The monoisotopic (exact) mass is 612 g/mol. The number of carboxylic acids is 2. The summed E-state index contributed by atoms with van der Waals surface area (Å²) in [4.78, 5) is 76.8. The normalized spacial score (nSPS) is 20.1. The highest BCUT2D eigenvalue weighted by Gasteiger charge is 2.54. The summed E-state index contributed by atoms with van der Waals surface area (Å²) in [5.74, 6) is -4.76. The van der Waals surface area contributed by atoms with Crippen LogP contribution in [0, 0.1) is 5.21 Å². The molecule has 3 atom stereocenters. The number of nitrogens with one attached hydrogen (secondary N) is 1. The molecule has 42 heavy (non-hydrogen) atoms. The van der Waals surface area contributed by atoms with Gasteiger partial charge in [0, 0.05) is 30.1 Å². The molecular formula is C27H24N4O9S2. The first-order chi connectivity index (χ1) is 20.1. The van der Waals surface area contributed by atoms with Crippen molar-refractivity contribution in [3.63, 3.8) is 0 Å². The van der Waals surface area contributed by atoms with Crippen molar-refractivity contribution >= 4 is 59.1 Å². The number of rotatable bonds is 11. The fourth-order valence-electron chi connectivity index (χ4n) is 5.04. The van der Waals surface area contributed by atoms with E-state index in [0.717, 1.165) is 16.7 Å². The van der Waals surface area contributed by atoms with Crippen LogP contribution in [0.1, 0.15) is 40.0 Å². The number of β-lactam (4-membered cyclic amide) rings is 1. The van der Waals surface area contributed by atoms with E-state index in [9.17, 15) is 44.2 Å². The van der Waals surface area contributed by atoms with Crippen LogP contribution in [-0.4, -0.2) is 84.5 Å². The lowest BCUT2D eigenvalue weighted by atomic mass is 10.0. The molecule has 218 valence electrons. The molecule has 0 spiro atoms. The van der Waals surface area contributed by atoms with Crippen molar-refractivity contribution in [2.75, 3.05) is 11.5 Å². The van der Waals surface area contributed by atoms with Crippen LogP contribution in [0.4, 0.5) is 0 Å². The van der Waals surface area contributed by atoms with E-state index in [2.05, 4.69) is 5.32 Å². The van der Waals surface area contributed by atoms with Crippen LogP contribution in [0.2, 0.25) is 0 Å². The molecule has 2 aromatic rings. The van der Waals surface area contributed by atoms with Crippen molar-refractivity contribution in [2.45, 2.75) is 41.7 Å². The summed E-state index contributed by atoms with van der Waals surface area (Å²) in [6, 6.07) is 8.48. The highest BCUT2D eigenvalue weighted by molar-refractivity contribution is 8.01. The van der Waals surface area contributed by atoms with Crippen LogP contribution in [0.5, 0.6) is 0 Å². The number of aliphatic carboxylic acids is 2. The van der Waals surface area contributed by atoms with E-state index < -0.39 is 53.0 Å². The Labute approximate surface area is 247 Å². The molecule has 15 heteroatoms. The highest BCUT2D eigenvalue weighted by Crippen LogP contribution is 2.41. The molecule has 1 aromatic carbocycles. The molecule has 0 radical (unpaired) electrons. The first-order valence-corrected chi connectivity index (χ1v) is 14.8. The third-order valence-corrected chi connectivity index (χ3v) is 9.50. The molecule has 1 unspecified atom stereocenters. The summed E-state index contributed by atoms with van der Waals surface area (Å²) < 4.78 is 0.670. The molecule has 5 rings (SSSR count). The van der Waals surface area contributed by atoms with Gasteiger partial charge in [0.1, 0.15) is 23.2 Å². The molecule has 0 bridgehead atoms. The average Bonchev–Trinajstić information content (AvgIpc) is 3.22. The zero-order chi connectivity index (χ0) is 30.1. The number of fused-ring (bicyclic) bond motifs is 2. The Balaban J connectivity index is 1.17. The zero-order valence-electron chi connectivity index (χ0n) is 21.8. The van der Waals surface area contributed by atoms with Gasteiger partial charge in [0.2, 0.25) is 5.91 Å². The molecule has 0 aliphatic carbocycles. The first kappa shape index (κ1) is 29.1. The zero-order valence-corrected chi connectivity index (χ0v) is 23.4. The maximum atomic E-state index is 12.9. The summed E-state index contributed by atoms with van der Waals surface area (Å²) in [6.07, 6.45) is 0.997. The van der Waals surface area contributed by atoms with E-state index >= 15 is 0 Å². The summed E-state index contributed by atoms with van der Waals surface area (Å²) in [7, 11) is 0. The number of hydrogen-bond acceptors (Lipinski definition) is 9. The van der Waals surface area contributed by atoms with Gasteiger partial charge >= 0.3 is 11.9 Å². The predicted octanol–water partition coefficient (Wildman–Crippen LogP) is 1.07. The minimum Gasteiger partial charge on any atom is -0.618 e. The molecule has 3 aliphatic rings. The maximum absolute atomic E-state index is 12.9. The summed E-state index contributed by atoms with van der Waals surface area (Å²) in [5.41, 5.74) is 0.550. The fraction of sp³-hybridized carbons (Fsp3) is 0.296. The second kappa shape index (κ2) is 11.9. The van der Waals surface area contributed by atoms with E-state index in [1.165, 1.54) is 30.1 Å². The van der Waals surface area contributed by atoms with Crippen LogP contribution in [0.3, 0.4) is 0 Å². The first-order valence-electron chi connectivity index (χ1n) is 12.8. The molecule has 4 heterocycles. The minimum atomic E-state index is -1.47. The van der Waals surface area contributed by atoms with E-state index in [1.54, 1.807) is 30.3 Å². The van der Waals surface area contributed by atoms with Crippen molar-refractivity contribution in [3.05, 3.63) is 76.3 Å². The van der Waals surface area contributed by atoms with E-state index in [1.807, 2.05) is 0 Å². The Kier molecular flexibility index (Phi) is 8.22. The topological polar surface area (TPSA) is 188 Å². The van der Waals surface area contributed by atoms with E-state index in [-0.39, 0.29) is 47.6 Å². The van der Waals surface area contributed by atoms with Crippen molar-refractivity contribution in [2.24, 2.45) is 0 Å². The lowest BCUT2D eigenvalue weighted by Gasteiger charge is -2.49. The molecule has 4 amide bonds. The fourth-order valence-corrected chi connectivity index (χ4v) is 7.43. The van der Waals surface area contributed by atoms with Gasteiger partial charge in [0.05, 0.1) is 11.1 Å². The SMILES string of the molecule is O=C(CCCC(C(=O)O)N1C(=O)c2ccccc2C1=O)N[C@@H]1C(=O)N2C(C(=O)O)=C(CSc3cccc[n+]3[O-])CS[C@@H]12. The number of pyridine rings is 1. The summed E-state index contributed by atoms with van der Waals surface area (Å²) in [5, 5.41) is 33.8. The van der Waals surface area contributed by atoms with Gasteiger partial charge < -0.3 is 20.7 Å². The average molecular weight is 613 g/mol. The number of imide groups is 1. The van der Waals surface area contributed by atoms with Crippen molar-refractivity contribution in [1.82, 2.24) is 15.1 Å². The number of carbonyl (C=O) groups is 6. The Bertz CT molecular complexity index is 1510. The Morgan fingerprint density at radius 2 is 1.74 bits per heavy atom. The Morgan fingerprint density at radius 3 is 2.36 bits per heavy atom. The van der Waals surface area contributed by atoms with Crippen molar-refractivity contribution < 1.29 is 43.7 Å². The number of carboxylic acid groups (broad SMARTS) is 2. The highest BCUT2D eigenvalue weighted by atomic mass is 32.2. The van der Waals surface area contributed by atoms with Gasteiger partial charge in [-0.2, -0.15) is 4.73 Å². The third kappa shape index (κ3) is 5.32. The van der Waals surface area contributed by atoms with Gasteiger partial charge in [-0.3, -0.25) is 29.0 Å². The standard InChI is InChI=1S/C27H24N4O9S2/c32-18(9-5-8-17(26(36)37)30-22(33)15-6-1-2-7-16(15)23(30)34)28-20-24(35)31-21(27(38)39)14(13-42-25(20)31)12-41-19-10-3-4-11-29(19)40/h1-4,6-7,10-11,17,20,25H,5,8-9,12-13H2,(H,28,32)(H,36,37)(H,38,39)/t17?,20-,25+/m1/s1. The molecule has 1 saturated heterocycles.